The van der Waals surface area contributed by atoms with E-state index in [1.54, 1.807) is 30.5 Å². The van der Waals surface area contributed by atoms with Gasteiger partial charge in [0.2, 0.25) is 0 Å². The van der Waals surface area contributed by atoms with Gasteiger partial charge in [-0.2, -0.15) is 0 Å². The molecule has 1 aromatic carbocycles. The summed E-state index contributed by atoms with van der Waals surface area (Å²) >= 11 is 0. The van der Waals surface area contributed by atoms with Crippen LogP contribution >= 0.6 is 0 Å². The molecule has 32 heavy (non-hydrogen) atoms. The molecule has 0 radical (unpaired) electrons. The molecule has 1 aromatic heterocycles. The van der Waals surface area contributed by atoms with Crippen LogP contribution in [0.3, 0.4) is 0 Å². The van der Waals surface area contributed by atoms with E-state index in [0.717, 1.165) is 12.8 Å². The van der Waals surface area contributed by atoms with E-state index in [0.29, 0.717) is 28.5 Å². The molecule has 3 rings (SSSR count). The first-order chi connectivity index (χ1) is 15.2. The Morgan fingerprint density at radius 2 is 1.78 bits per heavy atom. The van der Waals surface area contributed by atoms with E-state index in [-0.39, 0.29) is 11.4 Å². The number of nitrogens with one attached hydrogen (secondary N) is 2. The molecular formula is C24H31N5O3. The van der Waals surface area contributed by atoms with Crippen molar-refractivity contribution in [1.29, 1.82) is 5.26 Å². The van der Waals surface area contributed by atoms with Gasteiger partial charge in [-0.3, -0.25) is 4.79 Å². The molecule has 0 spiro atoms. The van der Waals surface area contributed by atoms with Gasteiger partial charge in [-0.15, -0.1) is 0 Å². The molecule has 0 bridgehead atoms. The second kappa shape index (κ2) is 11.1. The Bertz CT molecular complexity index is 1010. The van der Waals surface area contributed by atoms with Gasteiger partial charge in [0.25, 0.3) is 5.56 Å². The summed E-state index contributed by atoms with van der Waals surface area (Å²) in [5, 5.41) is 9.96. The standard InChI is InChI=1S/C23H30N4O3.CHN/c1-23(2,3)30-22(29)15-9-11-17(12-10-15)27-20(24)19-18(13-14-25-21(19)28)26-16-7-5-4-6-8-16;1-2/h9-14,16H,4-8H2,1-3H3,(H2,24,27)(H2,25,26,28);1H. The van der Waals surface area contributed by atoms with Gasteiger partial charge in [0.15, 0.2) is 0 Å². The Balaban J connectivity index is 0.00000176. The number of carbonyl (C=O) groups is 1. The largest absolute Gasteiger partial charge is 0.456 e. The molecule has 1 aliphatic carbocycles. The van der Waals surface area contributed by atoms with Crippen molar-refractivity contribution in [2.75, 3.05) is 5.32 Å². The number of H-pyrrole nitrogens is 1. The third-order valence-corrected chi connectivity index (χ3v) is 4.93. The van der Waals surface area contributed by atoms with Gasteiger partial charge >= 0.3 is 5.97 Å². The van der Waals surface area contributed by atoms with Crippen molar-refractivity contribution >= 4 is 23.2 Å². The lowest BCUT2D eigenvalue weighted by atomic mass is 9.95. The fourth-order valence-electron chi connectivity index (χ4n) is 3.52. The predicted molar refractivity (Wildman–Crippen MR) is 126 cm³/mol. The third kappa shape index (κ3) is 6.98. The molecule has 1 saturated carbocycles. The summed E-state index contributed by atoms with van der Waals surface area (Å²) in [7, 11) is 0. The third-order valence-electron chi connectivity index (χ3n) is 4.93. The highest BCUT2D eigenvalue weighted by molar-refractivity contribution is 6.03. The van der Waals surface area contributed by atoms with E-state index in [1.807, 2.05) is 26.8 Å². The van der Waals surface area contributed by atoms with E-state index < -0.39 is 11.6 Å². The quantitative estimate of drug-likeness (QED) is 0.364. The van der Waals surface area contributed by atoms with Crippen LogP contribution in [0.5, 0.6) is 0 Å². The van der Waals surface area contributed by atoms with Crippen LogP contribution < -0.4 is 16.6 Å². The number of anilines is 1. The van der Waals surface area contributed by atoms with Crippen LogP contribution in [-0.2, 0) is 4.74 Å². The fraction of sp³-hybridized carbons (Fsp3) is 0.417. The molecule has 1 fully saturated rings. The highest BCUT2D eigenvalue weighted by Gasteiger charge is 2.19. The van der Waals surface area contributed by atoms with Gasteiger partial charge in [-0.25, -0.2) is 15.0 Å². The summed E-state index contributed by atoms with van der Waals surface area (Å²) in [5.74, 6) is -0.273. The number of esters is 1. The van der Waals surface area contributed by atoms with Crippen molar-refractivity contribution in [1.82, 2.24) is 4.98 Å². The number of nitrogens with zero attached hydrogens (tertiary/aromatic N) is 2. The number of nitriles is 1. The molecule has 0 atom stereocenters. The molecule has 4 N–H and O–H groups in total. The minimum Gasteiger partial charge on any atom is -0.456 e. The van der Waals surface area contributed by atoms with Crippen LogP contribution in [0.25, 0.3) is 0 Å². The van der Waals surface area contributed by atoms with Gasteiger partial charge in [0.05, 0.1) is 16.9 Å². The summed E-state index contributed by atoms with van der Waals surface area (Å²) in [5.41, 5.74) is 7.37. The number of aromatic amines is 1. The van der Waals surface area contributed by atoms with E-state index in [2.05, 4.69) is 21.9 Å². The zero-order valence-corrected chi connectivity index (χ0v) is 18.9. The molecule has 1 aliphatic rings. The number of aromatic nitrogens is 1. The van der Waals surface area contributed by atoms with Gasteiger partial charge in [-0.05, 0) is 63.9 Å². The maximum absolute atomic E-state index is 12.5. The number of nitrogens with two attached hydrogens (primary N) is 1. The number of amidine groups is 1. The van der Waals surface area contributed by atoms with Gasteiger partial charge < -0.3 is 20.8 Å². The summed E-state index contributed by atoms with van der Waals surface area (Å²) in [4.78, 5) is 31.7. The van der Waals surface area contributed by atoms with Crippen LogP contribution in [0.2, 0.25) is 0 Å². The first-order valence-corrected chi connectivity index (χ1v) is 10.6. The smallest absolute Gasteiger partial charge is 0.338 e. The normalized spacial score (nSPS) is 14.7. The molecule has 0 amide bonds. The monoisotopic (exact) mass is 437 g/mol. The lowest BCUT2D eigenvalue weighted by Crippen LogP contribution is -2.29. The van der Waals surface area contributed by atoms with Crippen LogP contribution in [0.4, 0.5) is 11.4 Å². The van der Waals surface area contributed by atoms with Crippen molar-refractivity contribution in [2.24, 2.45) is 10.7 Å². The maximum Gasteiger partial charge on any atom is 0.338 e. The molecule has 8 nitrogen and oxygen atoms in total. The highest BCUT2D eigenvalue weighted by atomic mass is 16.6. The van der Waals surface area contributed by atoms with Crippen LogP contribution in [0.15, 0.2) is 46.3 Å². The number of hydrogen-bond acceptors (Lipinski definition) is 6. The van der Waals surface area contributed by atoms with E-state index in [9.17, 15) is 9.59 Å². The molecule has 1 heterocycles. The fourth-order valence-corrected chi connectivity index (χ4v) is 3.52. The predicted octanol–water partition coefficient (Wildman–Crippen LogP) is 4.25. The van der Waals surface area contributed by atoms with Crippen molar-refractivity contribution in [3.8, 4) is 6.57 Å². The van der Waals surface area contributed by atoms with Crippen LogP contribution in [-0.4, -0.2) is 28.4 Å². The number of aliphatic imine (C=N–C) groups is 1. The van der Waals surface area contributed by atoms with Crippen molar-refractivity contribution < 1.29 is 9.53 Å². The minimum absolute atomic E-state index is 0.125. The second-order valence-corrected chi connectivity index (χ2v) is 8.62. The number of pyridine rings is 1. The summed E-state index contributed by atoms with van der Waals surface area (Å²) < 4.78 is 5.36. The lowest BCUT2D eigenvalue weighted by Gasteiger charge is -2.24. The van der Waals surface area contributed by atoms with Crippen molar-refractivity contribution in [3.63, 3.8) is 0 Å². The first-order valence-electron chi connectivity index (χ1n) is 10.6. The Kier molecular flexibility index (Phi) is 8.59. The van der Waals surface area contributed by atoms with E-state index in [1.165, 1.54) is 19.3 Å². The Morgan fingerprint density at radius 1 is 1.16 bits per heavy atom. The first kappa shape index (κ1) is 24.7. The Morgan fingerprint density at radius 3 is 2.38 bits per heavy atom. The number of hydrogen-bond donors (Lipinski definition) is 3. The highest BCUT2D eigenvalue weighted by Crippen LogP contribution is 2.23. The molecule has 8 heteroatoms. The molecule has 0 saturated heterocycles. The SMILES string of the molecule is C#N.CC(C)(C)OC(=O)c1ccc(N=C(N)c2c(NC3CCCCC3)cc[nH]c2=O)cc1. The van der Waals surface area contributed by atoms with Crippen LogP contribution in [0, 0.1) is 11.8 Å². The van der Waals surface area contributed by atoms with Gasteiger partial charge in [0.1, 0.15) is 17.0 Å². The van der Waals surface area contributed by atoms with Crippen LogP contribution in [0.1, 0.15) is 68.8 Å². The van der Waals surface area contributed by atoms with E-state index in [4.69, 9.17) is 15.7 Å². The molecular weight excluding hydrogens is 406 g/mol. The Labute approximate surface area is 188 Å². The second-order valence-electron chi connectivity index (χ2n) is 8.62. The van der Waals surface area contributed by atoms with Gasteiger partial charge in [0, 0.05) is 18.8 Å². The molecule has 170 valence electrons. The maximum atomic E-state index is 12.5. The average Bonchev–Trinajstić information content (AvgIpc) is 2.75. The molecule has 0 unspecified atom stereocenters. The zero-order chi connectivity index (χ0) is 23.7. The minimum atomic E-state index is -0.561. The summed E-state index contributed by atoms with van der Waals surface area (Å²) in [6, 6.07) is 8.78. The topological polar surface area (TPSA) is 133 Å². The number of carbonyl (C=O) groups excluding carboxylic acids is 1. The summed E-state index contributed by atoms with van der Waals surface area (Å²) in [6.45, 7) is 8.96. The lowest BCUT2D eigenvalue weighted by molar-refractivity contribution is 0.00695. The van der Waals surface area contributed by atoms with E-state index >= 15 is 0 Å². The number of rotatable bonds is 5. The molecule has 2 aromatic rings. The van der Waals surface area contributed by atoms with Crippen molar-refractivity contribution in [2.45, 2.75) is 64.5 Å². The van der Waals surface area contributed by atoms with Crippen molar-refractivity contribution in [3.05, 3.63) is 58.0 Å². The zero-order valence-electron chi connectivity index (χ0n) is 18.9. The van der Waals surface area contributed by atoms with Gasteiger partial charge in [-0.1, -0.05) is 19.3 Å². The number of benzene rings is 1. The number of ether oxygens (including phenoxy) is 1. The summed E-state index contributed by atoms with van der Waals surface area (Å²) in [6.07, 6.45) is 7.39. The Hall–Kier alpha value is -3.60. The average molecular weight is 438 g/mol. The molecule has 0 aliphatic heterocycles.